The van der Waals surface area contributed by atoms with Gasteiger partial charge < -0.3 is 10.1 Å². The quantitative estimate of drug-likeness (QED) is 0.840. The molecular formula is C17H23ClN2O4S. The standard InChI is InChI=1S/C17H23ClN2O4S/c18-14-3-5-16(6-4-14)25(22,23)20-9-7-13(8-10-20)17(21)19-12-15-2-1-11-24-15/h3-6,13,15H,1-2,7-12H2,(H,19,21). The van der Waals surface area contributed by atoms with Gasteiger partial charge in [0, 0.05) is 37.2 Å². The molecular weight excluding hydrogens is 364 g/mol. The molecule has 0 aliphatic carbocycles. The predicted octanol–water partition coefficient (Wildman–Crippen LogP) is 2.04. The number of piperidine rings is 1. The zero-order valence-electron chi connectivity index (χ0n) is 14.0. The lowest BCUT2D eigenvalue weighted by molar-refractivity contribution is -0.126. The van der Waals surface area contributed by atoms with Crippen molar-refractivity contribution in [1.82, 2.24) is 9.62 Å². The molecule has 1 aromatic rings. The molecule has 2 aliphatic rings. The van der Waals surface area contributed by atoms with E-state index in [9.17, 15) is 13.2 Å². The van der Waals surface area contributed by atoms with Gasteiger partial charge in [-0.15, -0.1) is 0 Å². The molecule has 2 heterocycles. The third-order valence-electron chi connectivity index (χ3n) is 4.80. The molecule has 3 rings (SSSR count). The molecule has 0 saturated carbocycles. The number of hydrogen-bond acceptors (Lipinski definition) is 4. The minimum atomic E-state index is -3.53. The fraction of sp³-hybridized carbons (Fsp3) is 0.588. The number of nitrogens with zero attached hydrogens (tertiary/aromatic N) is 1. The number of benzene rings is 1. The van der Waals surface area contributed by atoms with Crippen molar-refractivity contribution < 1.29 is 17.9 Å². The number of carbonyl (C=O) groups excluding carboxylic acids is 1. The van der Waals surface area contributed by atoms with Crippen molar-refractivity contribution in [1.29, 1.82) is 0 Å². The van der Waals surface area contributed by atoms with Crippen LogP contribution >= 0.6 is 11.6 Å². The molecule has 6 nitrogen and oxygen atoms in total. The van der Waals surface area contributed by atoms with Crippen molar-refractivity contribution in [2.75, 3.05) is 26.2 Å². The van der Waals surface area contributed by atoms with Gasteiger partial charge in [-0.25, -0.2) is 8.42 Å². The van der Waals surface area contributed by atoms with Crippen LogP contribution in [-0.4, -0.2) is 51.0 Å². The van der Waals surface area contributed by atoms with Gasteiger partial charge in [0.1, 0.15) is 0 Å². The first kappa shape index (κ1) is 18.6. The minimum absolute atomic E-state index is 0.000888. The van der Waals surface area contributed by atoms with Gasteiger partial charge in [0.2, 0.25) is 15.9 Å². The van der Waals surface area contributed by atoms with Crippen LogP contribution < -0.4 is 5.32 Å². The fourth-order valence-corrected chi connectivity index (χ4v) is 4.87. The van der Waals surface area contributed by atoms with Crippen molar-refractivity contribution >= 4 is 27.5 Å². The Hall–Kier alpha value is -1.15. The van der Waals surface area contributed by atoms with Crippen molar-refractivity contribution in [2.24, 2.45) is 5.92 Å². The summed E-state index contributed by atoms with van der Waals surface area (Å²) in [6.45, 7) is 2.01. The van der Waals surface area contributed by atoms with Crippen molar-refractivity contribution in [2.45, 2.75) is 36.7 Å². The van der Waals surface area contributed by atoms with Gasteiger partial charge in [-0.1, -0.05) is 11.6 Å². The number of sulfonamides is 1. The van der Waals surface area contributed by atoms with Gasteiger partial charge in [-0.2, -0.15) is 4.31 Å². The number of carbonyl (C=O) groups is 1. The Balaban J connectivity index is 1.52. The second-order valence-electron chi connectivity index (χ2n) is 6.51. The number of rotatable bonds is 5. The summed E-state index contributed by atoms with van der Waals surface area (Å²) >= 11 is 5.82. The lowest BCUT2D eigenvalue weighted by Gasteiger charge is -2.30. The SMILES string of the molecule is O=C(NCC1CCCO1)C1CCN(S(=O)(=O)c2ccc(Cl)cc2)CC1. The summed E-state index contributed by atoms with van der Waals surface area (Å²) in [6, 6.07) is 6.16. The topological polar surface area (TPSA) is 75.7 Å². The molecule has 0 aromatic heterocycles. The van der Waals surface area contributed by atoms with Crippen LogP contribution in [0.15, 0.2) is 29.2 Å². The zero-order valence-corrected chi connectivity index (χ0v) is 15.6. The highest BCUT2D eigenvalue weighted by Crippen LogP contribution is 2.25. The summed E-state index contributed by atoms with van der Waals surface area (Å²) < 4.78 is 32.2. The average molecular weight is 387 g/mol. The molecule has 0 bridgehead atoms. The van der Waals surface area contributed by atoms with Gasteiger partial charge >= 0.3 is 0 Å². The Morgan fingerprint density at radius 1 is 1.20 bits per heavy atom. The summed E-state index contributed by atoms with van der Waals surface area (Å²) in [5.74, 6) is -0.142. The molecule has 138 valence electrons. The number of ether oxygens (including phenoxy) is 1. The zero-order chi connectivity index (χ0) is 17.9. The van der Waals surface area contributed by atoms with Gasteiger partial charge in [-0.05, 0) is 49.9 Å². The number of amides is 1. The summed E-state index contributed by atoms with van der Waals surface area (Å²) in [4.78, 5) is 12.5. The number of nitrogens with one attached hydrogen (secondary N) is 1. The molecule has 0 spiro atoms. The van der Waals surface area contributed by atoms with Crippen LogP contribution in [-0.2, 0) is 19.6 Å². The van der Waals surface area contributed by atoms with E-state index < -0.39 is 10.0 Å². The molecule has 2 fully saturated rings. The van der Waals surface area contributed by atoms with E-state index in [0.717, 1.165) is 19.4 Å². The van der Waals surface area contributed by atoms with Crippen LogP contribution in [0.4, 0.5) is 0 Å². The molecule has 0 radical (unpaired) electrons. The van der Waals surface area contributed by atoms with E-state index in [0.29, 0.717) is 37.5 Å². The van der Waals surface area contributed by atoms with Gasteiger partial charge in [0.15, 0.2) is 0 Å². The van der Waals surface area contributed by atoms with Crippen LogP contribution in [0.25, 0.3) is 0 Å². The Bertz CT molecular complexity index is 694. The summed E-state index contributed by atoms with van der Waals surface area (Å²) in [5.41, 5.74) is 0. The third-order valence-corrected chi connectivity index (χ3v) is 6.97. The highest BCUT2D eigenvalue weighted by Gasteiger charge is 2.32. The molecule has 1 N–H and O–H groups in total. The first-order chi connectivity index (χ1) is 12.0. The largest absolute Gasteiger partial charge is 0.376 e. The normalized spacial score (nSPS) is 22.8. The molecule has 1 atom stereocenters. The number of hydrogen-bond donors (Lipinski definition) is 1. The van der Waals surface area contributed by atoms with Crippen LogP contribution in [0.2, 0.25) is 5.02 Å². The van der Waals surface area contributed by atoms with E-state index in [2.05, 4.69) is 5.32 Å². The van der Waals surface area contributed by atoms with Crippen LogP contribution in [0.3, 0.4) is 0 Å². The smallest absolute Gasteiger partial charge is 0.243 e. The maximum atomic E-state index is 12.6. The number of halogens is 1. The highest BCUT2D eigenvalue weighted by molar-refractivity contribution is 7.89. The maximum Gasteiger partial charge on any atom is 0.243 e. The van der Waals surface area contributed by atoms with Crippen molar-refractivity contribution in [3.63, 3.8) is 0 Å². The monoisotopic (exact) mass is 386 g/mol. The van der Waals surface area contributed by atoms with E-state index in [1.165, 1.54) is 16.4 Å². The molecule has 25 heavy (non-hydrogen) atoms. The van der Waals surface area contributed by atoms with Crippen LogP contribution in [0.5, 0.6) is 0 Å². The highest BCUT2D eigenvalue weighted by atomic mass is 35.5. The average Bonchev–Trinajstić information content (AvgIpc) is 3.14. The van der Waals surface area contributed by atoms with Crippen LogP contribution in [0.1, 0.15) is 25.7 Å². The second kappa shape index (κ2) is 8.03. The van der Waals surface area contributed by atoms with Crippen LogP contribution in [0, 0.1) is 5.92 Å². The van der Waals surface area contributed by atoms with E-state index in [-0.39, 0.29) is 22.8 Å². The summed E-state index contributed by atoms with van der Waals surface area (Å²) in [7, 11) is -3.53. The molecule has 1 aromatic carbocycles. The summed E-state index contributed by atoms with van der Waals surface area (Å²) in [6.07, 6.45) is 3.21. The minimum Gasteiger partial charge on any atom is -0.376 e. The first-order valence-corrected chi connectivity index (χ1v) is 10.4. The van der Waals surface area contributed by atoms with Crippen molar-refractivity contribution in [3.05, 3.63) is 29.3 Å². The Labute approximate surface area is 153 Å². The lowest BCUT2D eigenvalue weighted by Crippen LogP contribution is -2.44. The second-order valence-corrected chi connectivity index (χ2v) is 8.89. The van der Waals surface area contributed by atoms with Crippen molar-refractivity contribution in [3.8, 4) is 0 Å². The Kier molecular flexibility index (Phi) is 5.99. The fourth-order valence-electron chi connectivity index (χ4n) is 3.28. The molecule has 1 amide bonds. The molecule has 8 heteroatoms. The molecule has 1 unspecified atom stereocenters. The van der Waals surface area contributed by atoms with Gasteiger partial charge in [-0.3, -0.25) is 4.79 Å². The van der Waals surface area contributed by atoms with E-state index in [4.69, 9.17) is 16.3 Å². The van der Waals surface area contributed by atoms with E-state index in [1.807, 2.05) is 0 Å². The maximum absolute atomic E-state index is 12.6. The first-order valence-electron chi connectivity index (χ1n) is 8.62. The van der Waals surface area contributed by atoms with E-state index >= 15 is 0 Å². The Morgan fingerprint density at radius 2 is 1.88 bits per heavy atom. The third kappa shape index (κ3) is 4.53. The van der Waals surface area contributed by atoms with Gasteiger partial charge in [0.25, 0.3) is 0 Å². The predicted molar refractivity (Wildman–Crippen MR) is 94.9 cm³/mol. The van der Waals surface area contributed by atoms with Gasteiger partial charge in [0.05, 0.1) is 11.0 Å². The molecule has 2 aliphatic heterocycles. The molecule has 2 saturated heterocycles. The van der Waals surface area contributed by atoms with E-state index in [1.54, 1.807) is 12.1 Å². The Morgan fingerprint density at radius 3 is 2.48 bits per heavy atom. The lowest BCUT2D eigenvalue weighted by atomic mass is 9.97. The summed E-state index contributed by atoms with van der Waals surface area (Å²) in [5, 5.41) is 3.44.